The third-order valence-corrected chi connectivity index (χ3v) is 2.25. The molecule has 15 heavy (non-hydrogen) atoms. The van der Waals surface area contributed by atoms with Gasteiger partial charge in [-0.05, 0) is 31.4 Å². The maximum atomic E-state index is 5.95. The van der Waals surface area contributed by atoms with Gasteiger partial charge >= 0.3 is 0 Å². The molecular weight excluding hydrogens is 190 g/mol. The summed E-state index contributed by atoms with van der Waals surface area (Å²) in [6, 6.07) is 3.92. The van der Waals surface area contributed by atoms with Crippen molar-refractivity contribution < 1.29 is 4.74 Å². The van der Waals surface area contributed by atoms with Crippen LogP contribution in [-0.2, 0) is 11.2 Å². The van der Waals surface area contributed by atoms with Crippen LogP contribution in [0.3, 0.4) is 0 Å². The highest BCUT2D eigenvalue weighted by Gasteiger charge is 2.06. The Kier molecular flexibility index (Phi) is 5.07. The Morgan fingerprint density at radius 2 is 2.33 bits per heavy atom. The molecule has 4 nitrogen and oxygen atoms in total. The van der Waals surface area contributed by atoms with E-state index in [4.69, 9.17) is 16.2 Å². The van der Waals surface area contributed by atoms with Crippen molar-refractivity contribution in [3.8, 4) is 0 Å². The zero-order valence-corrected chi connectivity index (χ0v) is 9.15. The van der Waals surface area contributed by atoms with Crippen molar-refractivity contribution in [3.63, 3.8) is 0 Å². The highest BCUT2D eigenvalue weighted by atomic mass is 16.5. The zero-order chi connectivity index (χ0) is 11.1. The van der Waals surface area contributed by atoms with Crippen molar-refractivity contribution in [2.24, 2.45) is 5.73 Å². The predicted octanol–water partition coefficient (Wildman–Crippen LogP) is 0.960. The molecule has 0 radical (unpaired) electrons. The average molecular weight is 209 g/mol. The lowest BCUT2D eigenvalue weighted by molar-refractivity contribution is 0.140. The minimum absolute atomic E-state index is 0.0862. The molecule has 0 saturated carbocycles. The third kappa shape index (κ3) is 4.27. The Morgan fingerprint density at radius 3 is 3.00 bits per heavy atom. The molecular formula is C11H19N3O. The van der Waals surface area contributed by atoms with Gasteiger partial charge < -0.3 is 16.2 Å². The smallest absolute Gasteiger partial charge is 0.126 e. The first-order chi connectivity index (χ1) is 7.24. The molecule has 0 aliphatic carbocycles. The molecule has 0 aliphatic rings. The Balaban J connectivity index is 2.37. The monoisotopic (exact) mass is 209 g/mol. The van der Waals surface area contributed by atoms with Crippen molar-refractivity contribution in [3.05, 3.63) is 23.9 Å². The van der Waals surface area contributed by atoms with Crippen LogP contribution in [0.5, 0.6) is 0 Å². The highest BCUT2D eigenvalue weighted by molar-refractivity contribution is 5.38. The van der Waals surface area contributed by atoms with Crippen LogP contribution in [-0.4, -0.2) is 24.2 Å². The highest BCUT2D eigenvalue weighted by Crippen LogP contribution is 2.10. The van der Waals surface area contributed by atoms with E-state index >= 15 is 0 Å². The SMILES string of the molecule is CCOCCC(N)Cc1cccnc1N. The van der Waals surface area contributed by atoms with E-state index < -0.39 is 0 Å². The van der Waals surface area contributed by atoms with Crippen LogP contribution >= 0.6 is 0 Å². The second-order valence-corrected chi connectivity index (χ2v) is 3.50. The van der Waals surface area contributed by atoms with Gasteiger partial charge in [-0.3, -0.25) is 0 Å². The van der Waals surface area contributed by atoms with Gasteiger partial charge in [0.05, 0.1) is 0 Å². The van der Waals surface area contributed by atoms with Gasteiger partial charge in [-0.25, -0.2) is 4.98 Å². The van der Waals surface area contributed by atoms with Gasteiger partial charge in [0.1, 0.15) is 5.82 Å². The minimum atomic E-state index is 0.0862. The summed E-state index contributed by atoms with van der Waals surface area (Å²) in [6.45, 7) is 3.42. The summed E-state index contributed by atoms with van der Waals surface area (Å²) in [5, 5.41) is 0. The molecule has 0 fully saturated rings. The van der Waals surface area contributed by atoms with Gasteiger partial charge in [-0.1, -0.05) is 6.07 Å². The summed E-state index contributed by atoms with van der Waals surface area (Å²) in [6.07, 6.45) is 3.29. The number of ether oxygens (including phenoxy) is 1. The van der Waals surface area contributed by atoms with Crippen molar-refractivity contribution in [2.45, 2.75) is 25.8 Å². The van der Waals surface area contributed by atoms with E-state index in [0.717, 1.165) is 25.0 Å². The molecule has 1 aromatic rings. The first-order valence-electron chi connectivity index (χ1n) is 5.26. The Bertz CT molecular complexity index is 291. The van der Waals surface area contributed by atoms with Crippen LogP contribution in [0.4, 0.5) is 5.82 Å². The Morgan fingerprint density at radius 1 is 1.53 bits per heavy atom. The minimum Gasteiger partial charge on any atom is -0.383 e. The van der Waals surface area contributed by atoms with Gasteiger partial charge in [-0.15, -0.1) is 0 Å². The molecule has 0 amide bonds. The molecule has 0 spiro atoms. The molecule has 1 rings (SSSR count). The predicted molar refractivity (Wildman–Crippen MR) is 61.4 cm³/mol. The van der Waals surface area contributed by atoms with Gasteiger partial charge in [-0.2, -0.15) is 0 Å². The van der Waals surface area contributed by atoms with E-state index in [1.165, 1.54) is 0 Å². The fourth-order valence-electron chi connectivity index (χ4n) is 1.39. The summed E-state index contributed by atoms with van der Waals surface area (Å²) in [5.41, 5.74) is 12.7. The number of nitrogens with zero attached hydrogens (tertiary/aromatic N) is 1. The first-order valence-corrected chi connectivity index (χ1v) is 5.26. The lowest BCUT2D eigenvalue weighted by atomic mass is 10.1. The van der Waals surface area contributed by atoms with Gasteiger partial charge in [0.15, 0.2) is 0 Å². The molecule has 4 heteroatoms. The summed E-state index contributed by atoms with van der Waals surface area (Å²) >= 11 is 0. The molecule has 0 saturated heterocycles. The summed E-state index contributed by atoms with van der Waals surface area (Å²) in [5.74, 6) is 0.573. The number of hydrogen-bond donors (Lipinski definition) is 2. The van der Waals surface area contributed by atoms with Gasteiger partial charge in [0.2, 0.25) is 0 Å². The van der Waals surface area contributed by atoms with E-state index in [1.54, 1.807) is 6.20 Å². The van der Waals surface area contributed by atoms with Crippen molar-refractivity contribution >= 4 is 5.82 Å². The van der Waals surface area contributed by atoms with Crippen LogP contribution in [0.2, 0.25) is 0 Å². The third-order valence-electron chi connectivity index (χ3n) is 2.25. The van der Waals surface area contributed by atoms with Gasteiger partial charge in [0, 0.05) is 25.5 Å². The fourth-order valence-corrected chi connectivity index (χ4v) is 1.39. The van der Waals surface area contributed by atoms with E-state index in [1.807, 2.05) is 19.1 Å². The molecule has 0 aliphatic heterocycles. The quantitative estimate of drug-likeness (QED) is 0.684. The van der Waals surface area contributed by atoms with E-state index in [9.17, 15) is 0 Å². The van der Waals surface area contributed by atoms with Gasteiger partial charge in [0.25, 0.3) is 0 Å². The van der Waals surface area contributed by atoms with Crippen LogP contribution in [0.1, 0.15) is 18.9 Å². The second kappa shape index (κ2) is 6.37. The number of nitrogens with two attached hydrogens (primary N) is 2. The average Bonchev–Trinajstić information content (AvgIpc) is 2.22. The summed E-state index contributed by atoms with van der Waals surface area (Å²) in [7, 11) is 0. The van der Waals surface area contributed by atoms with Crippen molar-refractivity contribution in [2.75, 3.05) is 18.9 Å². The lowest BCUT2D eigenvalue weighted by Gasteiger charge is -2.12. The molecule has 1 heterocycles. The van der Waals surface area contributed by atoms with Crippen LogP contribution in [0.15, 0.2) is 18.3 Å². The fraction of sp³-hybridized carbons (Fsp3) is 0.545. The van der Waals surface area contributed by atoms with E-state index in [2.05, 4.69) is 4.98 Å². The molecule has 84 valence electrons. The number of aromatic nitrogens is 1. The maximum Gasteiger partial charge on any atom is 0.126 e. The molecule has 0 bridgehead atoms. The van der Waals surface area contributed by atoms with Crippen molar-refractivity contribution in [1.82, 2.24) is 4.98 Å². The number of rotatable bonds is 6. The normalized spacial score (nSPS) is 12.7. The molecule has 4 N–H and O–H groups in total. The second-order valence-electron chi connectivity index (χ2n) is 3.50. The molecule has 1 unspecified atom stereocenters. The Labute approximate surface area is 90.6 Å². The number of anilines is 1. The molecule has 1 atom stereocenters. The van der Waals surface area contributed by atoms with Crippen molar-refractivity contribution in [1.29, 1.82) is 0 Å². The van der Waals surface area contributed by atoms with E-state index in [0.29, 0.717) is 12.4 Å². The summed E-state index contributed by atoms with van der Waals surface area (Å²) in [4.78, 5) is 4.02. The standard InChI is InChI=1S/C11H19N3O/c1-2-15-7-5-10(12)8-9-4-3-6-14-11(9)13/h3-4,6,10H,2,5,7-8,12H2,1H3,(H2,13,14). The van der Waals surface area contributed by atoms with E-state index in [-0.39, 0.29) is 6.04 Å². The van der Waals surface area contributed by atoms with Crippen LogP contribution in [0.25, 0.3) is 0 Å². The summed E-state index contributed by atoms with van der Waals surface area (Å²) < 4.78 is 5.25. The first kappa shape index (κ1) is 11.9. The molecule has 1 aromatic heterocycles. The Hall–Kier alpha value is -1.13. The largest absolute Gasteiger partial charge is 0.383 e. The number of nitrogen functional groups attached to an aromatic ring is 1. The molecule has 0 aromatic carbocycles. The lowest BCUT2D eigenvalue weighted by Crippen LogP contribution is -2.25. The zero-order valence-electron chi connectivity index (χ0n) is 9.15. The maximum absolute atomic E-state index is 5.95. The van der Waals surface area contributed by atoms with Crippen LogP contribution < -0.4 is 11.5 Å². The van der Waals surface area contributed by atoms with Crippen LogP contribution in [0, 0.1) is 0 Å². The number of hydrogen-bond acceptors (Lipinski definition) is 4. The topological polar surface area (TPSA) is 74.2 Å². The number of pyridine rings is 1.